The van der Waals surface area contributed by atoms with E-state index < -0.39 is 40.1 Å². The van der Waals surface area contributed by atoms with Crippen LogP contribution in [0.4, 0.5) is 10.5 Å². The third-order valence-corrected chi connectivity index (χ3v) is 8.85. The molecule has 42 heavy (non-hydrogen) atoms. The zero-order valence-corrected chi connectivity index (χ0v) is 24.3. The van der Waals surface area contributed by atoms with E-state index in [4.69, 9.17) is 15.9 Å². The minimum absolute atomic E-state index is 0.0408. The van der Waals surface area contributed by atoms with Gasteiger partial charge in [-0.3, -0.25) is 15.1 Å². The minimum Gasteiger partial charge on any atom is -0.480 e. The fraction of sp³-hybridized carbons (Fsp3) is 0.429. The molecule has 2 amide bonds. The first kappa shape index (κ1) is 32.3. The zero-order valence-electron chi connectivity index (χ0n) is 23.5. The van der Waals surface area contributed by atoms with Crippen LogP contribution >= 0.6 is 0 Å². The Morgan fingerprint density at radius 1 is 1.12 bits per heavy atom. The summed E-state index contributed by atoms with van der Waals surface area (Å²) in [5, 5.41) is 22.3. The smallest absolute Gasteiger partial charge is 0.413 e. The quantitative estimate of drug-likeness (QED) is 0.122. The van der Waals surface area contributed by atoms with Crippen molar-refractivity contribution in [2.45, 2.75) is 55.5 Å². The van der Waals surface area contributed by atoms with Gasteiger partial charge in [-0.25, -0.2) is 18.0 Å². The van der Waals surface area contributed by atoms with Gasteiger partial charge in [0.05, 0.1) is 12.0 Å². The van der Waals surface area contributed by atoms with E-state index in [1.54, 1.807) is 42.5 Å². The summed E-state index contributed by atoms with van der Waals surface area (Å²) in [6, 6.07) is 12.2. The SMILES string of the molecule is COC(=O)N(CCCCCNC(=N)N)c1ccc(C[C@H](NC(=O)[C@@H]2CCCN2S(=O)(=O)c2ccccc2)C(=O)O)cc1. The molecule has 1 aliphatic rings. The number of guanidine groups is 1. The Morgan fingerprint density at radius 3 is 2.43 bits per heavy atom. The Balaban J connectivity index is 1.63. The summed E-state index contributed by atoms with van der Waals surface area (Å²) in [6.45, 7) is 1.12. The van der Waals surface area contributed by atoms with Gasteiger partial charge in [0.1, 0.15) is 12.1 Å². The van der Waals surface area contributed by atoms with Crippen molar-refractivity contribution in [1.82, 2.24) is 14.9 Å². The highest BCUT2D eigenvalue weighted by Crippen LogP contribution is 2.26. The van der Waals surface area contributed by atoms with E-state index >= 15 is 0 Å². The van der Waals surface area contributed by atoms with Crippen molar-refractivity contribution >= 4 is 39.6 Å². The molecule has 13 nitrogen and oxygen atoms in total. The van der Waals surface area contributed by atoms with Crippen molar-refractivity contribution in [3.63, 3.8) is 0 Å². The molecule has 0 unspecified atom stereocenters. The number of nitrogens with one attached hydrogen (secondary N) is 3. The van der Waals surface area contributed by atoms with Crippen molar-refractivity contribution < 1.29 is 32.6 Å². The van der Waals surface area contributed by atoms with E-state index in [0.29, 0.717) is 37.2 Å². The number of carboxylic acid groups (broad SMARTS) is 1. The summed E-state index contributed by atoms with van der Waals surface area (Å²) < 4.78 is 32.3. The first-order valence-corrected chi connectivity index (χ1v) is 15.1. The lowest BCUT2D eigenvalue weighted by molar-refractivity contribution is -0.142. The van der Waals surface area contributed by atoms with Gasteiger partial charge in [-0.15, -0.1) is 0 Å². The van der Waals surface area contributed by atoms with Crippen molar-refractivity contribution in [3.05, 3.63) is 60.2 Å². The number of hydrogen-bond donors (Lipinski definition) is 5. The van der Waals surface area contributed by atoms with Gasteiger partial charge in [0.15, 0.2) is 5.96 Å². The third kappa shape index (κ3) is 8.66. The molecule has 6 N–H and O–H groups in total. The van der Waals surface area contributed by atoms with Crippen LogP contribution in [0, 0.1) is 5.41 Å². The van der Waals surface area contributed by atoms with E-state index in [9.17, 15) is 27.9 Å². The number of carbonyl (C=O) groups is 3. The first-order chi connectivity index (χ1) is 20.0. The molecule has 0 saturated carbocycles. The van der Waals surface area contributed by atoms with E-state index in [1.807, 2.05) is 0 Å². The fourth-order valence-electron chi connectivity index (χ4n) is 4.76. The molecule has 2 atom stereocenters. The average molecular weight is 603 g/mol. The molecule has 1 fully saturated rings. The topological polar surface area (TPSA) is 195 Å². The lowest BCUT2D eigenvalue weighted by Gasteiger charge is -2.25. The monoisotopic (exact) mass is 602 g/mol. The molecule has 1 saturated heterocycles. The number of sulfonamides is 1. The number of rotatable bonds is 14. The number of carboxylic acids is 1. The van der Waals surface area contributed by atoms with E-state index in [2.05, 4.69) is 10.6 Å². The van der Waals surface area contributed by atoms with Gasteiger partial charge in [-0.2, -0.15) is 4.31 Å². The van der Waals surface area contributed by atoms with Gasteiger partial charge in [0.25, 0.3) is 0 Å². The summed E-state index contributed by atoms with van der Waals surface area (Å²) in [5.74, 6) is -2.00. The molecule has 2 aromatic carbocycles. The number of unbranched alkanes of at least 4 members (excludes halogenated alkanes) is 2. The van der Waals surface area contributed by atoms with Crippen LogP contribution in [0.1, 0.15) is 37.7 Å². The van der Waals surface area contributed by atoms with Crippen LogP contribution in [-0.4, -0.2) is 80.6 Å². The Morgan fingerprint density at radius 2 is 1.81 bits per heavy atom. The molecule has 0 aliphatic carbocycles. The van der Waals surface area contributed by atoms with Crippen molar-refractivity contribution in [2.75, 3.05) is 31.6 Å². The summed E-state index contributed by atoms with van der Waals surface area (Å²) in [4.78, 5) is 39.1. The lowest BCUT2D eigenvalue weighted by atomic mass is 10.0. The van der Waals surface area contributed by atoms with Gasteiger partial charge in [-0.05, 0) is 61.9 Å². The zero-order chi connectivity index (χ0) is 30.7. The van der Waals surface area contributed by atoms with E-state index in [-0.39, 0.29) is 30.2 Å². The number of ether oxygens (including phenoxy) is 1. The summed E-state index contributed by atoms with van der Waals surface area (Å²) in [6.07, 6.45) is 2.43. The van der Waals surface area contributed by atoms with Gasteiger partial charge < -0.3 is 26.2 Å². The van der Waals surface area contributed by atoms with Gasteiger partial charge in [0, 0.05) is 31.7 Å². The molecule has 1 aliphatic heterocycles. The standard InChI is InChI=1S/C28H38N6O7S/c1-41-28(38)33(17-7-3-6-16-31-27(29)30)21-14-12-20(13-15-21)19-23(26(36)37)32-25(35)24-11-8-18-34(24)42(39,40)22-9-4-2-5-10-22/h2,4-5,9-10,12-15,23-24H,3,6-8,11,16-19H2,1H3,(H,32,35)(H,36,37)(H4,29,30,31)/t23-,24-/m0/s1. The predicted octanol–water partition coefficient (Wildman–Crippen LogP) is 1.88. The maximum absolute atomic E-state index is 13.1. The Labute approximate surface area is 245 Å². The van der Waals surface area contributed by atoms with Crippen LogP contribution in [-0.2, 0) is 30.8 Å². The highest BCUT2D eigenvalue weighted by atomic mass is 32.2. The molecule has 2 aromatic rings. The van der Waals surface area contributed by atoms with Gasteiger partial charge in [0.2, 0.25) is 15.9 Å². The largest absolute Gasteiger partial charge is 0.480 e. The van der Waals surface area contributed by atoms with E-state index in [0.717, 1.165) is 17.1 Å². The number of benzene rings is 2. The molecule has 3 rings (SSSR count). The van der Waals surface area contributed by atoms with Crippen LogP contribution in [0.3, 0.4) is 0 Å². The van der Waals surface area contributed by atoms with Crippen LogP contribution in [0.2, 0.25) is 0 Å². The molecular weight excluding hydrogens is 564 g/mol. The Hall–Kier alpha value is -4.17. The van der Waals surface area contributed by atoms with Crippen LogP contribution < -0.4 is 21.3 Å². The molecule has 0 bridgehead atoms. The van der Waals surface area contributed by atoms with E-state index in [1.165, 1.54) is 24.1 Å². The molecule has 14 heteroatoms. The maximum atomic E-state index is 13.1. The Kier molecular flexibility index (Phi) is 11.7. The van der Waals surface area contributed by atoms with Gasteiger partial charge >= 0.3 is 12.1 Å². The lowest BCUT2D eigenvalue weighted by Crippen LogP contribution is -2.51. The number of carbonyl (C=O) groups excluding carboxylic acids is 2. The summed E-state index contributed by atoms with van der Waals surface area (Å²) >= 11 is 0. The number of aliphatic carboxylic acids is 1. The predicted molar refractivity (Wildman–Crippen MR) is 157 cm³/mol. The van der Waals surface area contributed by atoms with Crippen molar-refractivity contribution in [2.24, 2.45) is 5.73 Å². The minimum atomic E-state index is -3.92. The van der Waals surface area contributed by atoms with Crippen LogP contribution in [0.15, 0.2) is 59.5 Å². The third-order valence-electron chi connectivity index (χ3n) is 6.93. The Bertz CT molecular complexity index is 1340. The summed E-state index contributed by atoms with van der Waals surface area (Å²) in [7, 11) is -2.63. The summed E-state index contributed by atoms with van der Waals surface area (Å²) in [5.41, 5.74) is 6.44. The van der Waals surface area contributed by atoms with Crippen LogP contribution in [0.5, 0.6) is 0 Å². The fourth-order valence-corrected chi connectivity index (χ4v) is 6.44. The normalized spacial score (nSPS) is 15.9. The molecular formula is C28H38N6O7S. The molecule has 1 heterocycles. The molecule has 228 valence electrons. The second kappa shape index (κ2) is 15.2. The number of anilines is 1. The second-order valence-electron chi connectivity index (χ2n) is 9.88. The highest BCUT2D eigenvalue weighted by Gasteiger charge is 2.40. The molecule has 0 spiro atoms. The highest BCUT2D eigenvalue weighted by molar-refractivity contribution is 7.89. The average Bonchev–Trinajstić information content (AvgIpc) is 3.48. The van der Waals surface area contributed by atoms with Crippen LogP contribution in [0.25, 0.3) is 0 Å². The molecule has 0 aromatic heterocycles. The van der Waals surface area contributed by atoms with Crippen molar-refractivity contribution in [3.8, 4) is 0 Å². The maximum Gasteiger partial charge on any atom is 0.413 e. The molecule has 0 radical (unpaired) electrons. The number of nitrogens with zero attached hydrogens (tertiary/aromatic N) is 2. The number of methoxy groups -OCH3 is 1. The number of hydrogen-bond acceptors (Lipinski definition) is 7. The number of nitrogens with two attached hydrogens (primary N) is 1. The van der Waals surface area contributed by atoms with Gasteiger partial charge in [-0.1, -0.05) is 30.3 Å². The van der Waals surface area contributed by atoms with Crippen molar-refractivity contribution in [1.29, 1.82) is 5.41 Å². The second-order valence-corrected chi connectivity index (χ2v) is 11.8. The number of amides is 2. The first-order valence-electron chi connectivity index (χ1n) is 13.7.